The monoisotopic (exact) mass is 392 g/mol. The molecule has 29 heavy (non-hydrogen) atoms. The highest BCUT2D eigenvalue weighted by atomic mass is 16.2. The summed E-state index contributed by atoms with van der Waals surface area (Å²) in [5, 5.41) is 2.70. The molecule has 0 aliphatic carbocycles. The Bertz CT molecular complexity index is 1250. The van der Waals surface area contributed by atoms with E-state index in [2.05, 4.69) is 5.32 Å². The van der Waals surface area contributed by atoms with Gasteiger partial charge in [0.2, 0.25) is 5.91 Å². The van der Waals surface area contributed by atoms with Crippen LogP contribution in [0.3, 0.4) is 0 Å². The molecule has 3 aromatic rings. The van der Waals surface area contributed by atoms with E-state index in [1.807, 2.05) is 12.1 Å². The van der Waals surface area contributed by atoms with Crippen molar-refractivity contribution in [2.45, 2.75) is 6.54 Å². The van der Waals surface area contributed by atoms with Gasteiger partial charge in [0.25, 0.3) is 11.1 Å². The summed E-state index contributed by atoms with van der Waals surface area (Å²) in [5.41, 5.74) is 0.734. The van der Waals surface area contributed by atoms with Gasteiger partial charge in [0.15, 0.2) is 0 Å². The van der Waals surface area contributed by atoms with Crippen LogP contribution in [0.25, 0.3) is 6.08 Å². The molecule has 8 nitrogen and oxygen atoms in total. The predicted molar refractivity (Wildman–Crippen MR) is 111 cm³/mol. The number of carbonyl (C=O) groups excluding carboxylic acids is 1. The van der Waals surface area contributed by atoms with Gasteiger partial charge in [0.05, 0.1) is 12.1 Å². The minimum Gasteiger partial charge on any atom is -0.323 e. The van der Waals surface area contributed by atoms with Crippen LogP contribution >= 0.6 is 0 Å². The zero-order chi connectivity index (χ0) is 21.0. The molecular weight excluding hydrogens is 372 g/mol. The van der Waals surface area contributed by atoms with Crippen LogP contribution in [0.5, 0.6) is 0 Å². The number of benzene rings is 1. The minimum atomic E-state index is -0.474. The molecule has 0 atom stereocenters. The van der Waals surface area contributed by atoms with Crippen molar-refractivity contribution in [3.8, 4) is 0 Å². The molecule has 0 saturated carbocycles. The van der Waals surface area contributed by atoms with Crippen molar-refractivity contribution < 1.29 is 4.79 Å². The molecular formula is C21H20N4O4. The SMILES string of the molecule is Cn1cc(C=CC(=O)Nc2ccc(Cn3ccccc3=O)cc2)c(=O)n(C)c1=O. The Morgan fingerprint density at radius 1 is 1.03 bits per heavy atom. The van der Waals surface area contributed by atoms with E-state index in [-0.39, 0.29) is 11.1 Å². The molecule has 8 heteroatoms. The van der Waals surface area contributed by atoms with Gasteiger partial charge in [0, 0.05) is 44.3 Å². The smallest absolute Gasteiger partial charge is 0.323 e. The van der Waals surface area contributed by atoms with Crippen LogP contribution < -0.4 is 22.1 Å². The summed E-state index contributed by atoms with van der Waals surface area (Å²) in [6.07, 6.45) is 5.70. The van der Waals surface area contributed by atoms with Crippen LogP contribution in [0, 0.1) is 0 Å². The molecule has 0 saturated heterocycles. The third-order valence-electron chi connectivity index (χ3n) is 4.36. The molecule has 3 rings (SSSR count). The van der Waals surface area contributed by atoms with E-state index < -0.39 is 17.2 Å². The number of amides is 1. The van der Waals surface area contributed by atoms with Crippen molar-refractivity contribution in [3.63, 3.8) is 0 Å². The first-order chi connectivity index (χ1) is 13.8. The number of rotatable bonds is 5. The summed E-state index contributed by atoms with van der Waals surface area (Å²) in [5.74, 6) is -0.409. The topological polar surface area (TPSA) is 95.1 Å². The predicted octanol–water partition coefficient (Wildman–Crippen LogP) is 0.946. The Balaban J connectivity index is 1.68. The van der Waals surface area contributed by atoms with Crippen molar-refractivity contribution in [3.05, 3.63) is 103 Å². The van der Waals surface area contributed by atoms with Crippen LogP contribution in [0.1, 0.15) is 11.1 Å². The summed E-state index contributed by atoms with van der Waals surface area (Å²) < 4.78 is 3.84. The number of aromatic nitrogens is 3. The van der Waals surface area contributed by atoms with E-state index in [1.165, 1.54) is 43.1 Å². The number of hydrogen-bond acceptors (Lipinski definition) is 4. The highest BCUT2D eigenvalue weighted by molar-refractivity contribution is 6.01. The van der Waals surface area contributed by atoms with Gasteiger partial charge in [0.1, 0.15) is 0 Å². The number of nitrogens with one attached hydrogen (secondary N) is 1. The highest BCUT2D eigenvalue weighted by Crippen LogP contribution is 2.10. The van der Waals surface area contributed by atoms with Gasteiger partial charge >= 0.3 is 5.69 Å². The number of pyridine rings is 1. The number of nitrogens with zero attached hydrogens (tertiary/aromatic N) is 3. The number of aryl methyl sites for hydroxylation is 1. The van der Waals surface area contributed by atoms with Crippen LogP contribution in [0.15, 0.2) is 75.3 Å². The lowest BCUT2D eigenvalue weighted by Crippen LogP contribution is -2.37. The van der Waals surface area contributed by atoms with Crippen molar-refractivity contribution >= 4 is 17.7 Å². The van der Waals surface area contributed by atoms with Crippen molar-refractivity contribution in [2.75, 3.05) is 5.32 Å². The average molecular weight is 392 g/mol. The van der Waals surface area contributed by atoms with Crippen molar-refractivity contribution in [1.29, 1.82) is 0 Å². The van der Waals surface area contributed by atoms with Crippen molar-refractivity contribution in [2.24, 2.45) is 14.1 Å². The van der Waals surface area contributed by atoms with Crippen LogP contribution in [-0.2, 0) is 25.4 Å². The largest absolute Gasteiger partial charge is 0.330 e. The van der Waals surface area contributed by atoms with Gasteiger partial charge in [-0.2, -0.15) is 0 Å². The Morgan fingerprint density at radius 3 is 2.45 bits per heavy atom. The maximum absolute atomic E-state index is 12.1. The summed E-state index contributed by atoms with van der Waals surface area (Å²) >= 11 is 0. The van der Waals surface area contributed by atoms with Crippen molar-refractivity contribution in [1.82, 2.24) is 13.7 Å². The fraction of sp³-hybridized carbons (Fsp3) is 0.143. The molecule has 0 fully saturated rings. The molecule has 2 heterocycles. The van der Waals surface area contributed by atoms with E-state index in [1.54, 1.807) is 35.0 Å². The van der Waals surface area contributed by atoms with E-state index in [4.69, 9.17) is 0 Å². The van der Waals surface area contributed by atoms with Gasteiger partial charge in [-0.3, -0.25) is 19.0 Å². The molecule has 148 valence electrons. The average Bonchev–Trinajstić information content (AvgIpc) is 2.71. The van der Waals surface area contributed by atoms with E-state index >= 15 is 0 Å². The lowest BCUT2D eigenvalue weighted by molar-refractivity contribution is -0.111. The molecule has 1 amide bonds. The lowest BCUT2D eigenvalue weighted by atomic mass is 10.2. The van der Waals surface area contributed by atoms with Gasteiger partial charge in [-0.1, -0.05) is 18.2 Å². The Morgan fingerprint density at radius 2 is 1.76 bits per heavy atom. The van der Waals surface area contributed by atoms with Crippen LogP contribution in [0.4, 0.5) is 5.69 Å². The number of carbonyl (C=O) groups is 1. The molecule has 0 unspecified atom stereocenters. The van der Waals surface area contributed by atoms with Gasteiger partial charge < -0.3 is 14.5 Å². The summed E-state index contributed by atoms with van der Waals surface area (Å²) in [4.78, 5) is 47.7. The highest BCUT2D eigenvalue weighted by Gasteiger charge is 2.05. The fourth-order valence-electron chi connectivity index (χ4n) is 2.78. The molecule has 0 radical (unpaired) electrons. The lowest BCUT2D eigenvalue weighted by Gasteiger charge is -2.07. The standard InChI is InChI=1S/C21H20N4O4/c1-23-14-16(20(28)24(2)21(23)29)8-11-18(26)22-17-9-6-15(7-10-17)13-25-12-4-3-5-19(25)27/h3-12,14H,13H2,1-2H3,(H,22,26). The zero-order valence-corrected chi connectivity index (χ0v) is 16.0. The minimum absolute atomic E-state index is 0.0837. The van der Waals surface area contributed by atoms with E-state index in [9.17, 15) is 19.2 Å². The Hall–Kier alpha value is -3.94. The normalized spacial score (nSPS) is 11.0. The summed E-state index contributed by atoms with van der Waals surface area (Å²) in [6, 6.07) is 12.1. The van der Waals surface area contributed by atoms with Crippen LogP contribution in [0.2, 0.25) is 0 Å². The first-order valence-electron chi connectivity index (χ1n) is 8.85. The van der Waals surface area contributed by atoms with E-state index in [0.717, 1.165) is 10.1 Å². The number of anilines is 1. The second-order valence-corrected chi connectivity index (χ2v) is 6.53. The molecule has 1 N–H and O–H groups in total. The van der Waals surface area contributed by atoms with E-state index in [0.29, 0.717) is 12.2 Å². The summed E-state index contributed by atoms with van der Waals surface area (Å²) in [6.45, 7) is 0.434. The molecule has 0 aliphatic heterocycles. The third kappa shape index (κ3) is 4.67. The zero-order valence-electron chi connectivity index (χ0n) is 16.0. The quantitative estimate of drug-likeness (QED) is 0.654. The molecule has 2 aromatic heterocycles. The van der Waals surface area contributed by atoms with Gasteiger partial charge in [-0.25, -0.2) is 4.79 Å². The first kappa shape index (κ1) is 19.8. The molecule has 0 aliphatic rings. The second-order valence-electron chi connectivity index (χ2n) is 6.53. The first-order valence-corrected chi connectivity index (χ1v) is 8.85. The summed E-state index contributed by atoms with van der Waals surface area (Å²) in [7, 11) is 2.91. The van der Waals surface area contributed by atoms with Gasteiger partial charge in [-0.15, -0.1) is 0 Å². The third-order valence-corrected chi connectivity index (χ3v) is 4.36. The van der Waals surface area contributed by atoms with Crippen LogP contribution in [-0.4, -0.2) is 19.6 Å². The Labute approximate surface area is 166 Å². The molecule has 0 spiro atoms. The van der Waals surface area contributed by atoms with Gasteiger partial charge in [-0.05, 0) is 29.8 Å². The molecule has 1 aromatic carbocycles. The number of hydrogen-bond donors (Lipinski definition) is 1. The maximum atomic E-state index is 12.1. The molecule has 0 bridgehead atoms. The fourth-order valence-corrected chi connectivity index (χ4v) is 2.78. The maximum Gasteiger partial charge on any atom is 0.330 e. The Kier molecular flexibility index (Phi) is 5.73. The second kappa shape index (κ2) is 8.39.